The summed E-state index contributed by atoms with van der Waals surface area (Å²) in [7, 11) is -4.17. The van der Waals surface area contributed by atoms with Gasteiger partial charge in [-0.3, -0.25) is 9.69 Å². The van der Waals surface area contributed by atoms with Gasteiger partial charge in [-0.05, 0) is 25.5 Å². The Morgan fingerprint density at radius 3 is 2.37 bits per heavy atom. The lowest BCUT2D eigenvalue weighted by Gasteiger charge is -2.33. The number of anilines is 1. The number of piperazine rings is 1. The number of benzene rings is 2. The Labute approximate surface area is 235 Å². The molecule has 0 unspecified atom stereocenters. The number of pyridine rings is 1. The van der Waals surface area contributed by atoms with E-state index in [1.54, 1.807) is 13.8 Å². The molecule has 1 atom stereocenters. The van der Waals surface area contributed by atoms with Crippen molar-refractivity contribution in [3.8, 4) is 0 Å². The summed E-state index contributed by atoms with van der Waals surface area (Å²) in [6.07, 6.45) is -2.98. The summed E-state index contributed by atoms with van der Waals surface area (Å²) in [6, 6.07) is 14.0. The monoisotopic (exact) mass is 586 g/mol. The van der Waals surface area contributed by atoms with Gasteiger partial charge < -0.3 is 10.3 Å². The van der Waals surface area contributed by atoms with E-state index in [4.69, 9.17) is 0 Å². The van der Waals surface area contributed by atoms with E-state index in [0.717, 1.165) is 11.6 Å². The minimum atomic E-state index is -4.17. The van der Waals surface area contributed by atoms with Gasteiger partial charge in [-0.2, -0.15) is 4.31 Å². The van der Waals surface area contributed by atoms with E-state index in [1.807, 2.05) is 30.3 Å². The summed E-state index contributed by atoms with van der Waals surface area (Å²) in [5, 5.41) is 3.17. The first-order valence-corrected chi connectivity index (χ1v) is 14.5. The van der Waals surface area contributed by atoms with E-state index < -0.39 is 44.3 Å². The topological polar surface area (TPSA) is 111 Å². The number of aromatic nitrogens is 3. The van der Waals surface area contributed by atoms with Crippen LogP contribution in [0.2, 0.25) is 0 Å². The standard InChI is InChI=1S/C28H29F3N6O3S/c1-17(20-9-6-10-21(24(20)29)25(30)31)32-26-22-15-23(28(38)35-27(22)34-18(2)33-26)41(39,40)37-13-11-36(12-14-37)16-19-7-4-3-5-8-19/h3-10,15,17,25H,11-14,16H2,1-2H3,(H2,32,33,34,35,38)/t17-/m1/s1. The van der Waals surface area contributed by atoms with Crippen LogP contribution in [0.4, 0.5) is 19.0 Å². The highest BCUT2D eigenvalue weighted by molar-refractivity contribution is 7.89. The largest absolute Gasteiger partial charge is 0.363 e. The van der Waals surface area contributed by atoms with E-state index >= 15 is 0 Å². The summed E-state index contributed by atoms with van der Waals surface area (Å²) in [5.74, 6) is -0.655. The van der Waals surface area contributed by atoms with E-state index in [1.165, 1.54) is 22.5 Å². The summed E-state index contributed by atoms with van der Waals surface area (Å²) in [4.78, 5) is 25.8. The lowest BCUT2D eigenvalue weighted by molar-refractivity contribution is 0.146. The molecule has 0 saturated carbocycles. The first-order chi connectivity index (χ1) is 19.5. The van der Waals surface area contributed by atoms with Crippen LogP contribution in [0.15, 0.2) is 64.3 Å². The highest BCUT2D eigenvalue weighted by atomic mass is 32.2. The number of sulfonamides is 1. The molecule has 0 radical (unpaired) electrons. The van der Waals surface area contributed by atoms with Crippen molar-refractivity contribution >= 4 is 26.9 Å². The SMILES string of the molecule is Cc1nc(N[C@H](C)c2cccc(C(F)F)c2F)c2cc(S(=O)(=O)N3CCN(Cc4ccccc4)CC3)c(=O)[nH]c2n1. The summed E-state index contributed by atoms with van der Waals surface area (Å²) in [6.45, 7) is 5.24. The number of alkyl halides is 2. The number of halogens is 3. The molecule has 1 aliphatic heterocycles. The Kier molecular flexibility index (Phi) is 8.11. The van der Waals surface area contributed by atoms with Crippen LogP contribution < -0.4 is 10.9 Å². The summed E-state index contributed by atoms with van der Waals surface area (Å²) in [5.41, 5.74) is -0.345. The Balaban J connectivity index is 1.43. The van der Waals surface area contributed by atoms with Crippen molar-refractivity contribution in [1.29, 1.82) is 0 Å². The fraction of sp³-hybridized carbons (Fsp3) is 0.321. The van der Waals surface area contributed by atoms with Gasteiger partial charge >= 0.3 is 0 Å². The van der Waals surface area contributed by atoms with Gasteiger partial charge in [0.25, 0.3) is 12.0 Å². The molecule has 9 nitrogen and oxygen atoms in total. The van der Waals surface area contributed by atoms with E-state index in [0.29, 0.717) is 19.6 Å². The van der Waals surface area contributed by atoms with Gasteiger partial charge in [0.1, 0.15) is 28.0 Å². The van der Waals surface area contributed by atoms with Gasteiger partial charge in [-0.1, -0.05) is 48.5 Å². The Morgan fingerprint density at radius 2 is 1.68 bits per heavy atom. The van der Waals surface area contributed by atoms with Gasteiger partial charge in [0.15, 0.2) is 0 Å². The van der Waals surface area contributed by atoms with Gasteiger partial charge in [-0.15, -0.1) is 0 Å². The molecule has 0 amide bonds. The van der Waals surface area contributed by atoms with Crippen LogP contribution in [0.25, 0.3) is 11.0 Å². The number of nitrogens with one attached hydrogen (secondary N) is 2. The molecule has 1 aliphatic rings. The predicted octanol–water partition coefficient (Wildman–Crippen LogP) is 4.38. The number of nitrogens with zero attached hydrogens (tertiary/aromatic N) is 4. The average molecular weight is 587 g/mol. The zero-order valence-electron chi connectivity index (χ0n) is 22.4. The fourth-order valence-electron chi connectivity index (χ4n) is 4.94. The molecule has 1 fully saturated rings. The van der Waals surface area contributed by atoms with Crippen LogP contribution in [-0.4, -0.2) is 58.8 Å². The minimum absolute atomic E-state index is 0.0159. The van der Waals surface area contributed by atoms with Gasteiger partial charge in [-0.25, -0.2) is 31.6 Å². The molecule has 0 aliphatic carbocycles. The van der Waals surface area contributed by atoms with Gasteiger partial charge in [0, 0.05) is 38.3 Å². The van der Waals surface area contributed by atoms with Gasteiger partial charge in [0.05, 0.1) is 17.0 Å². The molecule has 2 N–H and O–H groups in total. The number of aryl methyl sites for hydroxylation is 1. The zero-order chi connectivity index (χ0) is 29.3. The number of hydrogen-bond acceptors (Lipinski definition) is 7. The third-order valence-corrected chi connectivity index (χ3v) is 9.00. The first kappa shape index (κ1) is 28.7. The van der Waals surface area contributed by atoms with Crippen molar-refractivity contribution in [1.82, 2.24) is 24.2 Å². The van der Waals surface area contributed by atoms with E-state index in [2.05, 4.69) is 25.2 Å². The highest BCUT2D eigenvalue weighted by Gasteiger charge is 2.31. The van der Waals surface area contributed by atoms with Crippen molar-refractivity contribution in [2.75, 3.05) is 31.5 Å². The van der Waals surface area contributed by atoms with Crippen molar-refractivity contribution in [2.24, 2.45) is 0 Å². The maximum Gasteiger partial charge on any atom is 0.269 e. The van der Waals surface area contributed by atoms with Crippen molar-refractivity contribution in [3.63, 3.8) is 0 Å². The maximum atomic E-state index is 14.8. The Morgan fingerprint density at radius 1 is 1.00 bits per heavy atom. The van der Waals surface area contributed by atoms with E-state index in [-0.39, 0.29) is 41.3 Å². The second kappa shape index (κ2) is 11.6. The number of H-pyrrole nitrogens is 1. The molecule has 2 aromatic carbocycles. The lowest BCUT2D eigenvalue weighted by atomic mass is 10.0. The molecule has 41 heavy (non-hydrogen) atoms. The van der Waals surface area contributed by atoms with Crippen LogP contribution in [0.5, 0.6) is 0 Å². The number of fused-ring (bicyclic) bond motifs is 1. The summed E-state index contributed by atoms with van der Waals surface area (Å²) >= 11 is 0. The molecule has 3 heterocycles. The normalized spacial score (nSPS) is 15.9. The second-order valence-electron chi connectivity index (χ2n) is 9.93. The molecular formula is C28H29F3N6O3S. The highest BCUT2D eigenvalue weighted by Crippen LogP contribution is 2.30. The molecule has 4 aromatic rings. The number of hydrogen-bond donors (Lipinski definition) is 2. The molecule has 2 aromatic heterocycles. The van der Waals surface area contributed by atoms with Gasteiger partial charge in [0.2, 0.25) is 10.0 Å². The third-order valence-electron chi connectivity index (χ3n) is 7.10. The third kappa shape index (κ3) is 5.97. The molecule has 1 saturated heterocycles. The smallest absolute Gasteiger partial charge is 0.269 e. The minimum Gasteiger partial charge on any atom is -0.363 e. The zero-order valence-corrected chi connectivity index (χ0v) is 23.3. The van der Waals surface area contributed by atoms with Crippen molar-refractivity contribution < 1.29 is 21.6 Å². The second-order valence-corrected chi connectivity index (χ2v) is 11.8. The molecular weight excluding hydrogens is 557 g/mol. The number of aromatic amines is 1. The van der Waals surface area contributed by atoms with Crippen LogP contribution in [0.1, 0.15) is 41.9 Å². The van der Waals surface area contributed by atoms with Crippen LogP contribution >= 0.6 is 0 Å². The molecule has 5 rings (SSSR count). The van der Waals surface area contributed by atoms with E-state index in [9.17, 15) is 26.4 Å². The molecule has 13 heteroatoms. The Bertz CT molecular complexity index is 1730. The quantitative estimate of drug-likeness (QED) is 0.315. The van der Waals surface area contributed by atoms with Crippen molar-refractivity contribution in [2.45, 2.75) is 37.8 Å². The molecule has 0 spiro atoms. The van der Waals surface area contributed by atoms with Crippen molar-refractivity contribution in [3.05, 3.63) is 93.3 Å². The first-order valence-electron chi connectivity index (χ1n) is 13.1. The van der Waals surface area contributed by atoms with Crippen LogP contribution in [-0.2, 0) is 16.6 Å². The maximum absolute atomic E-state index is 14.8. The molecule has 0 bridgehead atoms. The fourth-order valence-corrected chi connectivity index (χ4v) is 6.42. The lowest BCUT2D eigenvalue weighted by Crippen LogP contribution is -2.49. The Hall–Kier alpha value is -3.81. The summed E-state index contributed by atoms with van der Waals surface area (Å²) < 4.78 is 69.8. The van der Waals surface area contributed by atoms with Crippen LogP contribution in [0, 0.1) is 12.7 Å². The van der Waals surface area contributed by atoms with Crippen LogP contribution in [0.3, 0.4) is 0 Å². The average Bonchev–Trinajstić information content (AvgIpc) is 2.93. The predicted molar refractivity (Wildman–Crippen MR) is 149 cm³/mol. The number of rotatable bonds is 8. The molecule has 216 valence electrons.